The van der Waals surface area contributed by atoms with Gasteiger partial charge in [0.1, 0.15) is 5.78 Å². The molecule has 2 nitrogen and oxygen atoms in total. The number of ketones is 1. The fourth-order valence-electron chi connectivity index (χ4n) is 4.06. The highest BCUT2D eigenvalue weighted by atomic mass is 16.1. The van der Waals surface area contributed by atoms with E-state index in [1.165, 1.54) is 25.7 Å². The molecule has 4 unspecified atom stereocenters. The predicted molar refractivity (Wildman–Crippen MR) is 59.5 cm³/mol. The van der Waals surface area contributed by atoms with Crippen molar-refractivity contribution in [2.45, 2.75) is 32.1 Å². The molecule has 0 aromatic heterocycles. The summed E-state index contributed by atoms with van der Waals surface area (Å²) in [7, 11) is 2.13. The van der Waals surface area contributed by atoms with Gasteiger partial charge in [-0.25, -0.2) is 0 Å². The van der Waals surface area contributed by atoms with Gasteiger partial charge in [-0.1, -0.05) is 6.42 Å². The lowest BCUT2D eigenvalue weighted by Crippen LogP contribution is -2.29. The molecule has 1 saturated heterocycles. The van der Waals surface area contributed by atoms with E-state index in [0.717, 1.165) is 31.3 Å². The standard InChI is InChI=1S/C13H21NO/c1-14-5-4-11(8-14)13(15)12-7-9-2-3-10(12)6-9/h9-12H,2-8H2,1H3. The minimum Gasteiger partial charge on any atom is -0.306 e. The molecule has 2 aliphatic carbocycles. The number of fused-ring (bicyclic) bond motifs is 2. The van der Waals surface area contributed by atoms with Gasteiger partial charge in [-0.15, -0.1) is 0 Å². The monoisotopic (exact) mass is 207 g/mol. The summed E-state index contributed by atoms with van der Waals surface area (Å²) in [5.41, 5.74) is 0. The lowest BCUT2D eigenvalue weighted by molar-refractivity contribution is -0.128. The lowest BCUT2D eigenvalue weighted by Gasteiger charge is -2.23. The van der Waals surface area contributed by atoms with Crippen LogP contribution in [-0.4, -0.2) is 30.8 Å². The summed E-state index contributed by atoms with van der Waals surface area (Å²) in [4.78, 5) is 14.7. The molecule has 3 fully saturated rings. The zero-order valence-corrected chi connectivity index (χ0v) is 9.61. The fraction of sp³-hybridized carbons (Fsp3) is 0.923. The average molecular weight is 207 g/mol. The topological polar surface area (TPSA) is 20.3 Å². The number of rotatable bonds is 2. The van der Waals surface area contributed by atoms with E-state index >= 15 is 0 Å². The Balaban J connectivity index is 1.65. The van der Waals surface area contributed by atoms with E-state index in [0.29, 0.717) is 17.6 Å². The Morgan fingerprint density at radius 2 is 2.07 bits per heavy atom. The van der Waals surface area contributed by atoms with Gasteiger partial charge >= 0.3 is 0 Å². The van der Waals surface area contributed by atoms with Gasteiger partial charge in [-0.05, 0) is 51.1 Å². The maximum absolute atomic E-state index is 12.4. The van der Waals surface area contributed by atoms with Crippen LogP contribution in [0.15, 0.2) is 0 Å². The molecule has 3 aliphatic rings. The first-order valence-electron chi connectivity index (χ1n) is 6.46. The molecule has 1 heterocycles. The molecule has 2 heteroatoms. The average Bonchev–Trinajstić information content (AvgIpc) is 2.90. The second-order valence-corrected chi connectivity index (χ2v) is 5.93. The van der Waals surface area contributed by atoms with E-state index in [-0.39, 0.29) is 0 Å². The van der Waals surface area contributed by atoms with Crippen molar-refractivity contribution in [3.05, 3.63) is 0 Å². The van der Waals surface area contributed by atoms with Gasteiger partial charge in [0, 0.05) is 18.4 Å². The van der Waals surface area contributed by atoms with Crippen LogP contribution >= 0.6 is 0 Å². The lowest BCUT2D eigenvalue weighted by atomic mass is 9.81. The summed E-state index contributed by atoms with van der Waals surface area (Å²) in [5, 5.41) is 0. The summed E-state index contributed by atoms with van der Waals surface area (Å²) in [6, 6.07) is 0. The van der Waals surface area contributed by atoms with Crippen molar-refractivity contribution in [3.8, 4) is 0 Å². The minimum atomic E-state index is 0.374. The second-order valence-electron chi connectivity index (χ2n) is 5.93. The third kappa shape index (κ3) is 1.63. The van der Waals surface area contributed by atoms with Crippen molar-refractivity contribution in [1.82, 2.24) is 4.90 Å². The van der Waals surface area contributed by atoms with Gasteiger partial charge in [0.25, 0.3) is 0 Å². The smallest absolute Gasteiger partial charge is 0.140 e. The Kier molecular flexibility index (Phi) is 2.35. The van der Waals surface area contributed by atoms with E-state index in [9.17, 15) is 4.79 Å². The zero-order valence-electron chi connectivity index (χ0n) is 9.61. The number of carbonyl (C=O) groups excluding carboxylic acids is 1. The summed E-state index contributed by atoms with van der Waals surface area (Å²) >= 11 is 0. The third-order valence-corrected chi connectivity index (χ3v) is 4.90. The van der Waals surface area contributed by atoms with Crippen molar-refractivity contribution in [2.75, 3.05) is 20.1 Å². The summed E-state index contributed by atoms with van der Waals surface area (Å²) in [5.74, 6) is 3.13. The Hall–Kier alpha value is -0.370. The van der Waals surface area contributed by atoms with Gasteiger partial charge in [-0.3, -0.25) is 4.79 Å². The molecular weight excluding hydrogens is 186 g/mol. The molecule has 2 bridgehead atoms. The van der Waals surface area contributed by atoms with Crippen molar-refractivity contribution in [2.24, 2.45) is 23.7 Å². The molecule has 0 aromatic rings. The Morgan fingerprint density at radius 3 is 2.60 bits per heavy atom. The molecule has 0 aromatic carbocycles. The number of likely N-dealkylation sites (tertiary alicyclic amines) is 1. The molecule has 84 valence electrons. The molecule has 0 spiro atoms. The van der Waals surface area contributed by atoms with E-state index in [1.807, 2.05) is 0 Å². The number of hydrogen-bond acceptors (Lipinski definition) is 2. The van der Waals surface area contributed by atoms with Gasteiger partial charge < -0.3 is 4.90 Å². The summed E-state index contributed by atoms with van der Waals surface area (Å²) < 4.78 is 0. The molecule has 0 N–H and O–H groups in total. The summed E-state index contributed by atoms with van der Waals surface area (Å²) in [6.07, 6.45) is 6.44. The first kappa shape index (κ1) is 9.83. The highest BCUT2D eigenvalue weighted by Gasteiger charge is 2.45. The minimum absolute atomic E-state index is 0.374. The van der Waals surface area contributed by atoms with Crippen LogP contribution in [0, 0.1) is 23.7 Å². The van der Waals surface area contributed by atoms with Crippen LogP contribution in [0.2, 0.25) is 0 Å². The third-order valence-electron chi connectivity index (χ3n) is 4.90. The number of nitrogens with zero attached hydrogens (tertiary/aromatic N) is 1. The van der Waals surface area contributed by atoms with Crippen molar-refractivity contribution in [1.29, 1.82) is 0 Å². The first-order chi connectivity index (χ1) is 7.24. The molecule has 3 rings (SSSR count). The molecule has 15 heavy (non-hydrogen) atoms. The molecular formula is C13H21NO. The van der Waals surface area contributed by atoms with Gasteiger partial charge in [0.2, 0.25) is 0 Å². The Labute approximate surface area is 92.0 Å². The molecule has 0 amide bonds. The van der Waals surface area contributed by atoms with Crippen molar-refractivity contribution < 1.29 is 4.79 Å². The van der Waals surface area contributed by atoms with Crippen LogP contribution in [0.1, 0.15) is 32.1 Å². The van der Waals surface area contributed by atoms with Crippen LogP contribution in [0.5, 0.6) is 0 Å². The van der Waals surface area contributed by atoms with Crippen LogP contribution in [0.4, 0.5) is 0 Å². The SMILES string of the molecule is CN1CCC(C(=O)C2CC3CCC2C3)C1. The van der Waals surface area contributed by atoms with Gasteiger partial charge in [0.15, 0.2) is 0 Å². The molecule has 2 saturated carbocycles. The maximum atomic E-state index is 12.4. The normalized spacial score (nSPS) is 45.1. The number of carbonyl (C=O) groups is 1. The molecule has 0 radical (unpaired) electrons. The quantitative estimate of drug-likeness (QED) is 0.689. The molecule has 4 atom stereocenters. The van der Waals surface area contributed by atoms with Crippen molar-refractivity contribution in [3.63, 3.8) is 0 Å². The van der Waals surface area contributed by atoms with E-state index in [4.69, 9.17) is 0 Å². The number of hydrogen-bond donors (Lipinski definition) is 0. The zero-order chi connectivity index (χ0) is 10.4. The van der Waals surface area contributed by atoms with Gasteiger partial charge in [-0.2, -0.15) is 0 Å². The Bertz CT molecular complexity index is 276. The number of Topliss-reactive ketones (excluding diaryl/α,β-unsaturated/α-hetero) is 1. The van der Waals surface area contributed by atoms with Crippen LogP contribution in [0.3, 0.4) is 0 Å². The Morgan fingerprint density at radius 1 is 1.20 bits per heavy atom. The fourth-order valence-corrected chi connectivity index (χ4v) is 4.06. The maximum Gasteiger partial charge on any atom is 0.140 e. The van der Waals surface area contributed by atoms with Crippen molar-refractivity contribution >= 4 is 5.78 Å². The van der Waals surface area contributed by atoms with Crippen LogP contribution in [0.25, 0.3) is 0 Å². The van der Waals surface area contributed by atoms with E-state index in [2.05, 4.69) is 11.9 Å². The first-order valence-corrected chi connectivity index (χ1v) is 6.46. The van der Waals surface area contributed by atoms with E-state index in [1.54, 1.807) is 0 Å². The largest absolute Gasteiger partial charge is 0.306 e. The molecule has 1 aliphatic heterocycles. The second kappa shape index (κ2) is 3.58. The summed E-state index contributed by atoms with van der Waals surface area (Å²) in [6.45, 7) is 2.14. The van der Waals surface area contributed by atoms with E-state index < -0.39 is 0 Å². The van der Waals surface area contributed by atoms with Crippen LogP contribution < -0.4 is 0 Å². The van der Waals surface area contributed by atoms with Gasteiger partial charge in [0.05, 0.1) is 0 Å². The van der Waals surface area contributed by atoms with Crippen LogP contribution in [-0.2, 0) is 4.79 Å². The highest BCUT2D eigenvalue weighted by molar-refractivity contribution is 5.84. The predicted octanol–water partition coefficient (Wildman–Crippen LogP) is 1.94. The highest BCUT2D eigenvalue weighted by Crippen LogP contribution is 2.49.